The van der Waals surface area contributed by atoms with Crippen LogP contribution in [0.5, 0.6) is 5.75 Å². The lowest BCUT2D eigenvalue weighted by Gasteiger charge is -2.37. The number of hydrogen-bond acceptors (Lipinski definition) is 4. The largest absolute Gasteiger partial charge is 0.494 e. The fraction of sp³-hybridized carbons (Fsp3) is 0.600. The van der Waals surface area contributed by atoms with Crippen molar-refractivity contribution in [2.75, 3.05) is 39.3 Å². The van der Waals surface area contributed by atoms with E-state index in [1.165, 1.54) is 0 Å². The Bertz CT molecular complexity index is 617. The van der Waals surface area contributed by atoms with Crippen LogP contribution in [0, 0.1) is 5.41 Å². The molecule has 1 N–H and O–H groups in total. The second-order valence-corrected chi connectivity index (χ2v) is 7.68. The first kappa shape index (κ1) is 20.2. The summed E-state index contributed by atoms with van der Waals surface area (Å²) in [6, 6.07) is 7.76. The first-order valence-electron chi connectivity index (χ1n) is 9.29. The quantitative estimate of drug-likeness (QED) is 0.841. The normalized spacial score (nSPS) is 15.6. The summed E-state index contributed by atoms with van der Waals surface area (Å²) in [5.41, 5.74) is 0.667. The van der Waals surface area contributed by atoms with Crippen molar-refractivity contribution >= 4 is 11.8 Å². The van der Waals surface area contributed by atoms with Crippen molar-refractivity contribution in [3.63, 3.8) is 0 Å². The fourth-order valence-electron chi connectivity index (χ4n) is 2.95. The Morgan fingerprint density at radius 2 is 1.85 bits per heavy atom. The van der Waals surface area contributed by atoms with Crippen molar-refractivity contribution < 1.29 is 14.3 Å². The number of amides is 2. The Kier molecular flexibility index (Phi) is 7.03. The van der Waals surface area contributed by atoms with Gasteiger partial charge in [-0.1, -0.05) is 32.9 Å². The Hall–Kier alpha value is -2.08. The minimum absolute atomic E-state index is 0.00223. The first-order valence-corrected chi connectivity index (χ1v) is 9.29. The van der Waals surface area contributed by atoms with Gasteiger partial charge in [-0.25, -0.2) is 0 Å². The van der Waals surface area contributed by atoms with E-state index < -0.39 is 0 Å². The average molecular weight is 361 g/mol. The smallest absolute Gasteiger partial charge is 0.234 e. The summed E-state index contributed by atoms with van der Waals surface area (Å²) in [6.45, 7) is 12.1. The number of piperazine rings is 1. The van der Waals surface area contributed by atoms with Crippen LogP contribution in [0.15, 0.2) is 24.3 Å². The van der Waals surface area contributed by atoms with Crippen LogP contribution >= 0.6 is 0 Å². The third kappa shape index (κ3) is 6.02. The van der Waals surface area contributed by atoms with Crippen LogP contribution in [-0.2, 0) is 16.1 Å². The molecule has 1 aliphatic heterocycles. The van der Waals surface area contributed by atoms with Crippen molar-refractivity contribution in [3.8, 4) is 5.75 Å². The number of carbonyl (C=O) groups excluding carboxylic acids is 2. The maximum Gasteiger partial charge on any atom is 0.234 e. The molecule has 0 aromatic heterocycles. The number of ether oxygens (including phenoxy) is 1. The van der Waals surface area contributed by atoms with Crippen molar-refractivity contribution in [1.29, 1.82) is 0 Å². The molecule has 6 heteroatoms. The number of hydrogen-bond donors (Lipinski definition) is 1. The predicted molar refractivity (Wildman–Crippen MR) is 102 cm³/mol. The maximum atomic E-state index is 12.3. The van der Waals surface area contributed by atoms with Gasteiger partial charge in [0.25, 0.3) is 0 Å². The van der Waals surface area contributed by atoms with E-state index in [0.717, 1.165) is 24.4 Å². The van der Waals surface area contributed by atoms with Crippen molar-refractivity contribution in [1.82, 2.24) is 15.1 Å². The SMILES string of the molecule is CCOc1cccc(CNC(=O)CN2CCN(C(=O)C(C)(C)C)CC2)c1. The van der Waals surface area contributed by atoms with Gasteiger partial charge in [-0.05, 0) is 24.6 Å². The highest BCUT2D eigenvalue weighted by atomic mass is 16.5. The van der Waals surface area contributed by atoms with Crippen LogP contribution in [0.1, 0.15) is 33.3 Å². The molecule has 26 heavy (non-hydrogen) atoms. The summed E-state index contributed by atoms with van der Waals surface area (Å²) in [5.74, 6) is 0.997. The second-order valence-electron chi connectivity index (χ2n) is 7.68. The van der Waals surface area contributed by atoms with Crippen molar-refractivity contribution in [2.45, 2.75) is 34.2 Å². The topological polar surface area (TPSA) is 61.9 Å². The van der Waals surface area contributed by atoms with Gasteiger partial charge >= 0.3 is 0 Å². The monoisotopic (exact) mass is 361 g/mol. The first-order chi connectivity index (χ1) is 12.3. The number of nitrogens with one attached hydrogen (secondary N) is 1. The van der Waals surface area contributed by atoms with Crippen LogP contribution in [0.3, 0.4) is 0 Å². The van der Waals surface area contributed by atoms with Crippen LogP contribution in [0.4, 0.5) is 0 Å². The Morgan fingerprint density at radius 1 is 1.15 bits per heavy atom. The molecule has 1 aliphatic rings. The zero-order chi connectivity index (χ0) is 19.2. The third-order valence-electron chi connectivity index (χ3n) is 4.37. The molecule has 1 heterocycles. The van der Waals surface area contributed by atoms with Crippen LogP contribution in [-0.4, -0.2) is 60.9 Å². The van der Waals surface area contributed by atoms with Gasteiger partial charge in [0.1, 0.15) is 5.75 Å². The Labute approximate surface area is 156 Å². The van der Waals surface area contributed by atoms with E-state index in [1.807, 2.05) is 56.9 Å². The maximum absolute atomic E-state index is 12.3. The zero-order valence-electron chi connectivity index (χ0n) is 16.4. The fourth-order valence-corrected chi connectivity index (χ4v) is 2.95. The van der Waals surface area contributed by atoms with Crippen LogP contribution in [0.25, 0.3) is 0 Å². The van der Waals surface area contributed by atoms with Crippen molar-refractivity contribution in [2.24, 2.45) is 5.41 Å². The van der Waals surface area contributed by atoms with E-state index in [1.54, 1.807) is 0 Å². The Morgan fingerprint density at radius 3 is 2.46 bits per heavy atom. The number of carbonyl (C=O) groups is 2. The number of rotatable bonds is 6. The number of benzene rings is 1. The van der Waals surface area contributed by atoms with Crippen LogP contribution in [0.2, 0.25) is 0 Å². The van der Waals surface area contributed by atoms with Gasteiger partial charge in [-0.15, -0.1) is 0 Å². The molecule has 0 spiro atoms. The van der Waals surface area contributed by atoms with E-state index in [-0.39, 0.29) is 17.2 Å². The molecule has 0 unspecified atom stereocenters. The van der Waals surface area contributed by atoms with E-state index in [0.29, 0.717) is 32.8 Å². The lowest BCUT2D eigenvalue weighted by Crippen LogP contribution is -2.53. The predicted octanol–water partition coefficient (Wildman–Crippen LogP) is 1.89. The van der Waals surface area contributed by atoms with E-state index >= 15 is 0 Å². The molecule has 144 valence electrons. The molecule has 0 aliphatic carbocycles. The average Bonchev–Trinajstić information content (AvgIpc) is 2.60. The standard InChI is InChI=1S/C20H31N3O3/c1-5-26-17-8-6-7-16(13-17)14-21-18(24)15-22-9-11-23(12-10-22)19(25)20(2,3)4/h6-8,13H,5,9-12,14-15H2,1-4H3,(H,21,24). The molecule has 1 fully saturated rings. The highest BCUT2D eigenvalue weighted by Crippen LogP contribution is 2.18. The highest BCUT2D eigenvalue weighted by Gasteiger charge is 2.29. The van der Waals surface area contributed by atoms with E-state index in [9.17, 15) is 9.59 Å². The van der Waals surface area contributed by atoms with Gasteiger partial charge < -0.3 is 15.0 Å². The molecule has 0 bridgehead atoms. The molecule has 1 aromatic carbocycles. The van der Waals surface area contributed by atoms with Gasteiger partial charge in [0, 0.05) is 38.1 Å². The van der Waals surface area contributed by atoms with Gasteiger partial charge in [0.2, 0.25) is 11.8 Å². The molecule has 1 aromatic rings. The zero-order valence-corrected chi connectivity index (χ0v) is 16.4. The minimum atomic E-state index is -0.352. The van der Waals surface area contributed by atoms with Gasteiger partial charge in [-0.3, -0.25) is 14.5 Å². The third-order valence-corrected chi connectivity index (χ3v) is 4.37. The summed E-state index contributed by atoms with van der Waals surface area (Å²) in [6.07, 6.45) is 0. The van der Waals surface area contributed by atoms with Crippen molar-refractivity contribution in [3.05, 3.63) is 29.8 Å². The molecule has 2 amide bonds. The summed E-state index contributed by atoms with van der Waals surface area (Å²) in [7, 11) is 0. The van der Waals surface area contributed by atoms with Crippen LogP contribution < -0.4 is 10.1 Å². The number of nitrogens with zero attached hydrogens (tertiary/aromatic N) is 2. The van der Waals surface area contributed by atoms with E-state index in [2.05, 4.69) is 10.2 Å². The lowest BCUT2D eigenvalue weighted by atomic mass is 9.94. The molecule has 0 radical (unpaired) electrons. The minimum Gasteiger partial charge on any atom is -0.494 e. The summed E-state index contributed by atoms with van der Waals surface area (Å²) in [4.78, 5) is 28.5. The summed E-state index contributed by atoms with van der Waals surface area (Å²) < 4.78 is 5.47. The molecule has 1 saturated heterocycles. The molecule has 0 atom stereocenters. The van der Waals surface area contributed by atoms with Gasteiger partial charge in [0.05, 0.1) is 13.2 Å². The lowest BCUT2D eigenvalue weighted by molar-refractivity contribution is -0.141. The van der Waals surface area contributed by atoms with E-state index in [4.69, 9.17) is 4.74 Å². The molecule has 6 nitrogen and oxygen atoms in total. The summed E-state index contributed by atoms with van der Waals surface area (Å²) >= 11 is 0. The summed E-state index contributed by atoms with van der Waals surface area (Å²) in [5, 5.41) is 2.96. The second kappa shape index (κ2) is 9.03. The molecule has 2 rings (SSSR count). The molecular formula is C20H31N3O3. The molecular weight excluding hydrogens is 330 g/mol. The molecule has 0 saturated carbocycles. The van der Waals surface area contributed by atoms with Gasteiger partial charge in [0.15, 0.2) is 0 Å². The van der Waals surface area contributed by atoms with Gasteiger partial charge in [-0.2, -0.15) is 0 Å². The Balaban J connectivity index is 1.74. The highest BCUT2D eigenvalue weighted by molar-refractivity contribution is 5.81.